The lowest BCUT2D eigenvalue weighted by Gasteiger charge is -2.45. The van der Waals surface area contributed by atoms with Crippen LogP contribution < -0.4 is 15.4 Å². The Labute approximate surface area is 128 Å². The lowest BCUT2D eigenvalue weighted by atomic mass is 9.88. The first-order valence-corrected chi connectivity index (χ1v) is 6.98. The highest BCUT2D eigenvalue weighted by molar-refractivity contribution is 6.30. The second-order valence-electron chi connectivity index (χ2n) is 4.93. The molecule has 1 aliphatic heterocycles. The van der Waals surface area contributed by atoms with Crippen molar-refractivity contribution in [1.82, 2.24) is 0 Å². The first kappa shape index (κ1) is 13.9. The summed E-state index contributed by atoms with van der Waals surface area (Å²) in [4.78, 5) is 13.8. The molecule has 3 rings (SSSR count). The van der Waals surface area contributed by atoms with Gasteiger partial charge >= 0.3 is 0 Å². The summed E-state index contributed by atoms with van der Waals surface area (Å²) in [5.74, 6) is 0.610. The number of anilines is 1. The van der Waals surface area contributed by atoms with E-state index in [0.29, 0.717) is 10.8 Å². The number of amides is 1. The Hall–Kier alpha value is -2.04. The molecule has 5 heteroatoms. The van der Waals surface area contributed by atoms with Crippen LogP contribution in [0.15, 0.2) is 48.5 Å². The molecule has 1 aliphatic rings. The Morgan fingerprint density at radius 1 is 1.19 bits per heavy atom. The number of benzene rings is 2. The van der Waals surface area contributed by atoms with E-state index in [0.717, 1.165) is 11.3 Å². The predicted octanol–water partition coefficient (Wildman–Crippen LogP) is 2.76. The van der Waals surface area contributed by atoms with Crippen LogP contribution in [0.1, 0.15) is 11.6 Å². The van der Waals surface area contributed by atoms with Crippen LogP contribution in [0, 0.1) is 0 Å². The molecular formula is C16H15ClN2O2. The minimum absolute atomic E-state index is 0.0943. The van der Waals surface area contributed by atoms with E-state index in [1.807, 2.05) is 36.4 Å². The molecular weight excluding hydrogens is 288 g/mol. The molecule has 2 aromatic carbocycles. The van der Waals surface area contributed by atoms with Gasteiger partial charge in [-0.2, -0.15) is 0 Å². The average Bonchev–Trinajstić information content (AvgIpc) is 2.52. The van der Waals surface area contributed by atoms with Crippen molar-refractivity contribution in [3.63, 3.8) is 0 Å². The first-order valence-electron chi connectivity index (χ1n) is 6.60. The number of nitrogens with two attached hydrogens (primary N) is 1. The maximum Gasteiger partial charge on any atom is 0.247 e. The topological polar surface area (TPSA) is 55.6 Å². The third-order valence-corrected chi connectivity index (χ3v) is 3.94. The molecule has 21 heavy (non-hydrogen) atoms. The van der Waals surface area contributed by atoms with Crippen molar-refractivity contribution in [2.75, 3.05) is 12.0 Å². The van der Waals surface area contributed by atoms with Gasteiger partial charge in [-0.1, -0.05) is 29.8 Å². The van der Waals surface area contributed by atoms with E-state index in [1.54, 1.807) is 24.1 Å². The minimum Gasteiger partial charge on any atom is -0.497 e. The second kappa shape index (κ2) is 5.39. The number of β-lactam (4-membered cyclic amide) rings is 1. The van der Waals surface area contributed by atoms with Crippen LogP contribution in [0.5, 0.6) is 5.75 Å². The third-order valence-electron chi connectivity index (χ3n) is 3.68. The van der Waals surface area contributed by atoms with E-state index in [1.165, 1.54) is 0 Å². The molecule has 2 atom stereocenters. The highest BCUT2D eigenvalue weighted by Crippen LogP contribution is 2.39. The Bertz CT molecular complexity index is 672. The van der Waals surface area contributed by atoms with E-state index in [-0.39, 0.29) is 11.9 Å². The maximum atomic E-state index is 12.1. The monoisotopic (exact) mass is 302 g/mol. The van der Waals surface area contributed by atoms with Gasteiger partial charge in [-0.15, -0.1) is 0 Å². The molecule has 1 heterocycles. The van der Waals surface area contributed by atoms with Crippen LogP contribution in [0.4, 0.5) is 5.69 Å². The fraction of sp³-hybridized carbons (Fsp3) is 0.188. The van der Waals surface area contributed by atoms with Crippen LogP contribution >= 0.6 is 11.6 Å². The van der Waals surface area contributed by atoms with E-state index >= 15 is 0 Å². The zero-order chi connectivity index (χ0) is 15.0. The minimum atomic E-state index is -0.530. The number of carbonyl (C=O) groups excluding carboxylic acids is 1. The summed E-state index contributed by atoms with van der Waals surface area (Å²) in [6, 6.07) is 14.1. The number of methoxy groups -OCH3 is 1. The smallest absolute Gasteiger partial charge is 0.247 e. The summed E-state index contributed by atoms with van der Waals surface area (Å²) < 4.78 is 5.21. The number of carbonyl (C=O) groups is 1. The normalized spacial score (nSPS) is 21.1. The highest BCUT2D eigenvalue weighted by Gasteiger charge is 2.46. The van der Waals surface area contributed by atoms with E-state index < -0.39 is 6.04 Å². The van der Waals surface area contributed by atoms with Crippen LogP contribution in [-0.4, -0.2) is 19.1 Å². The molecule has 1 fully saturated rings. The Morgan fingerprint density at radius 3 is 2.57 bits per heavy atom. The molecule has 1 amide bonds. The van der Waals surface area contributed by atoms with Gasteiger partial charge in [0.15, 0.2) is 0 Å². The van der Waals surface area contributed by atoms with Gasteiger partial charge in [-0.3, -0.25) is 4.79 Å². The summed E-state index contributed by atoms with van der Waals surface area (Å²) in [5, 5.41) is 0.658. The van der Waals surface area contributed by atoms with Gasteiger partial charge in [0.2, 0.25) is 5.91 Å². The molecule has 2 aromatic rings. The lowest BCUT2D eigenvalue weighted by Crippen LogP contribution is -2.63. The number of halogens is 1. The molecule has 0 radical (unpaired) electrons. The number of hydrogen-bond acceptors (Lipinski definition) is 3. The molecule has 108 valence electrons. The first-order chi connectivity index (χ1) is 10.1. The van der Waals surface area contributed by atoms with Crippen molar-refractivity contribution in [2.24, 2.45) is 5.73 Å². The summed E-state index contributed by atoms with van der Waals surface area (Å²) >= 11 is 5.91. The molecule has 0 aromatic heterocycles. The van der Waals surface area contributed by atoms with Crippen molar-refractivity contribution < 1.29 is 9.53 Å². The van der Waals surface area contributed by atoms with Gasteiger partial charge in [0.05, 0.1) is 13.2 Å². The molecule has 0 aliphatic carbocycles. The summed E-state index contributed by atoms with van der Waals surface area (Å²) in [7, 11) is 1.60. The fourth-order valence-corrected chi connectivity index (χ4v) is 2.70. The number of rotatable bonds is 3. The van der Waals surface area contributed by atoms with Crippen molar-refractivity contribution in [1.29, 1.82) is 0 Å². The molecule has 2 N–H and O–H groups in total. The highest BCUT2D eigenvalue weighted by atomic mass is 35.5. The van der Waals surface area contributed by atoms with E-state index in [9.17, 15) is 4.79 Å². The molecule has 2 unspecified atom stereocenters. The van der Waals surface area contributed by atoms with Gasteiger partial charge in [-0.25, -0.2) is 0 Å². The standard InChI is InChI=1S/C16H15ClN2O2/c1-21-13-4-2-3-12(9-13)19-15(14(18)16(19)20)10-5-7-11(17)8-6-10/h2-9,14-15H,18H2,1H3. The predicted molar refractivity (Wildman–Crippen MR) is 82.6 cm³/mol. The maximum absolute atomic E-state index is 12.1. The molecule has 0 bridgehead atoms. The Morgan fingerprint density at radius 2 is 1.90 bits per heavy atom. The summed E-state index contributed by atoms with van der Waals surface area (Å²) in [6.45, 7) is 0. The number of nitrogens with zero attached hydrogens (tertiary/aromatic N) is 1. The second-order valence-corrected chi connectivity index (χ2v) is 5.37. The van der Waals surface area contributed by atoms with Gasteiger partial charge in [0, 0.05) is 16.8 Å². The van der Waals surface area contributed by atoms with Crippen molar-refractivity contribution in [3.8, 4) is 5.75 Å². The van der Waals surface area contributed by atoms with Crippen molar-refractivity contribution >= 4 is 23.2 Å². The number of hydrogen-bond donors (Lipinski definition) is 1. The van der Waals surface area contributed by atoms with Gasteiger partial charge in [0.1, 0.15) is 11.8 Å². The van der Waals surface area contributed by atoms with Crippen LogP contribution in [0.2, 0.25) is 5.02 Å². The van der Waals surface area contributed by atoms with Crippen molar-refractivity contribution in [2.45, 2.75) is 12.1 Å². The van der Waals surface area contributed by atoms with E-state index in [4.69, 9.17) is 22.1 Å². The average molecular weight is 303 g/mol. The fourth-order valence-electron chi connectivity index (χ4n) is 2.58. The van der Waals surface area contributed by atoms with Crippen LogP contribution in [0.25, 0.3) is 0 Å². The largest absolute Gasteiger partial charge is 0.497 e. The molecule has 0 saturated carbocycles. The molecule has 4 nitrogen and oxygen atoms in total. The summed E-state index contributed by atoms with van der Waals surface area (Å²) in [6.07, 6.45) is 0. The zero-order valence-electron chi connectivity index (χ0n) is 11.5. The van der Waals surface area contributed by atoms with E-state index in [2.05, 4.69) is 0 Å². The van der Waals surface area contributed by atoms with Crippen LogP contribution in [0.3, 0.4) is 0 Å². The SMILES string of the molecule is COc1cccc(N2C(=O)C(N)C2c2ccc(Cl)cc2)c1. The number of ether oxygens (including phenoxy) is 1. The van der Waals surface area contributed by atoms with Gasteiger partial charge in [0.25, 0.3) is 0 Å². The molecule has 1 saturated heterocycles. The van der Waals surface area contributed by atoms with Crippen LogP contribution in [-0.2, 0) is 4.79 Å². The third kappa shape index (κ3) is 2.37. The molecule has 0 spiro atoms. The van der Waals surface area contributed by atoms with Crippen molar-refractivity contribution in [3.05, 3.63) is 59.1 Å². The Balaban J connectivity index is 1.96. The lowest BCUT2D eigenvalue weighted by molar-refractivity contribution is -0.126. The van der Waals surface area contributed by atoms with Gasteiger partial charge in [-0.05, 0) is 29.8 Å². The zero-order valence-corrected chi connectivity index (χ0v) is 12.2. The summed E-state index contributed by atoms with van der Waals surface area (Å²) in [5.41, 5.74) is 7.72. The quantitative estimate of drug-likeness (QED) is 0.887. The Kier molecular flexibility index (Phi) is 3.57. The van der Waals surface area contributed by atoms with Gasteiger partial charge < -0.3 is 15.4 Å².